The second-order valence-corrected chi connectivity index (χ2v) is 4.13. The summed E-state index contributed by atoms with van der Waals surface area (Å²) in [4.78, 5) is 0. The van der Waals surface area contributed by atoms with Crippen molar-refractivity contribution in [3.05, 3.63) is 0 Å². The van der Waals surface area contributed by atoms with Crippen molar-refractivity contribution in [2.24, 2.45) is 11.7 Å². The molecule has 1 heterocycles. The second-order valence-electron chi connectivity index (χ2n) is 2.79. The predicted molar refractivity (Wildman–Crippen MR) is 44.0 cm³/mol. The fourth-order valence-electron chi connectivity index (χ4n) is 1.36. The van der Waals surface area contributed by atoms with Crippen molar-refractivity contribution in [2.75, 3.05) is 12.3 Å². The van der Waals surface area contributed by atoms with Crippen molar-refractivity contribution < 1.29 is 8.78 Å². The van der Waals surface area contributed by atoms with Crippen LogP contribution in [-0.2, 0) is 0 Å². The van der Waals surface area contributed by atoms with Crippen LogP contribution in [0.15, 0.2) is 0 Å². The molecule has 0 radical (unpaired) electrons. The fourth-order valence-corrected chi connectivity index (χ4v) is 2.80. The van der Waals surface area contributed by atoms with E-state index in [4.69, 9.17) is 5.73 Å². The molecule has 0 spiro atoms. The number of thioether (sulfide) groups is 1. The minimum atomic E-state index is -2.24. The Morgan fingerprint density at radius 1 is 1.55 bits per heavy atom. The van der Waals surface area contributed by atoms with Crippen molar-refractivity contribution in [3.8, 4) is 0 Å². The van der Waals surface area contributed by atoms with Gasteiger partial charge in [-0.2, -0.15) is 11.8 Å². The molecule has 1 fully saturated rings. The third-order valence-electron chi connectivity index (χ3n) is 2.04. The average Bonchev–Trinajstić information content (AvgIpc) is 2.40. The lowest BCUT2D eigenvalue weighted by molar-refractivity contribution is 0.0796. The summed E-state index contributed by atoms with van der Waals surface area (Å²) in [6.45, 7) is 0.120. The van der Waals surface area contributed by atoms with Gasteiger partial charge in [0.1, 0.15) is 0 Å². The van der Waals surface area contributed by atoms with Crippen LogP contribution in [0.3, 0.4) is 0 Å². The van der Waals surface area contributed by atoms with E-state index < -0.39 is 12.3 Å². The van der Waals surface area contributed by atoms with E-state index in [1.54, 1.807) is 11.8 Å². The molecule has 1 aliphatic rings. The van der Waals surface area contributed by atoms with Crippen LogP contribution in [0.5, 0.6) is 0 Å². The Morgan fingerprint density at radius 3 is 2.64 bits per heavy atom. The molecule has 0 aromatic heterocycles. The molecule has 1 aliphatic heterocycles. The smallest absolute Gasteiger partial charge is 0.243 e. The first-order chi connectivity index (χ1) is 5.25. The Bertz CT molecular complexity index is 115. The van der Waals surface area contributed by atoms with Crippen LogP contribution in [0, 0.1) is 5.92 Å². The first kappa shape index (κ1) is 9.26. The van der Waals surface area contributed by atoms with Gasteiger partial charge in [0.25, 0.3) is 0 Å². The standard InChI is InChI=1S/C7H13F2NS/c8-7(9)5(4-10)6-2-1-3-11-6/h5-7H,1-4,10H2. The Balaban J connectivity index is 2.40. The minimum absolute atomic E-state index is 0.111. The van der Waals surface area contributed by atoms with Gasteiger partial charge in [-0.25, -0.2) is 8.78 Å². The van der Waals surface area contributed by atoms with Crippen LogP contribution in [-0.4, -0.2) is 24.0 Å². The summed E-state index contributed by atoms with van der Waals surface area (Å²) >= 11 is 1.64. The lowest BCUT2D eigenvalue weighted by Gasteiger charge is -2.19. The summed E-state index contributed by atoms with van der Waals surface area (Å²) < 4.78 is 24.5. The maximum absolute atomic E-state index is 12.3. The summed E-state index contributed by atoms with van der Waals surface area (Å²) in [6, 6.07) is 0. The van der Waals surface area contributed by atoms with E-state index in [0.717, 1.165) is 18.6 Å². The predicted octanol–water partition coefficient (Wildman–Crippen LogP) is 1.72. The number of nitrogens with two attached hydrogens (primary N) is 1. The number of hydrogen-bond acceptors (Lipinski definition) is 2. The summed E-state index contributed by atoms with van der Waals surface area (Å²) in [5.74, 6) is 0.441. The van der Waals surface area contributed by atoms with Gasteiger partial charge in [-0.05, 0) is 18.6 Å². The Kier molecular flexibility index (Phi) is 3.59. The first-order valence-electron chi connectivity index (χ1n) is 3.85. The van der Waals surface area contributed by atoms with Crippen LogP contribution >= 0.6 is 11.8 Å². The molecule has 2 unspecified atom stereocenters. The van der Waals surface area contributed by atoms with Gasteiger partial charge in [0.15, 0.2) is 0 Å². The van der Waals surface area contributed by atoms with E-state index in [1.165, 1.54) is 0 Å². The van der Waals surface area contributed by atoms with E-state index in [-0.39, 0.29) is 11.8 Å². The zero-order valence-electron chi connectivity index (χ0n) is 6.30. The van der Waals surface area contributed by atoms with Crippen LogP contribution < -0.4 is 5.73 Å². The molecule has 0 aliphatic carbocycles. The molecular formula is C7H13F2NS. The van der Waals surface area contributed by atoms with Gasteiger partial charge < -0.3 is 5.73 Å². The highest BCUT2D eigenvalue weighted by molar-refractivity contribution is 8.00. The molecule has 0 aromatic rings. The molecule has 4 heteroatoms. The van der Waals surface area contributed by atoms with Crippen molar-refractivity contribution in [1.29, 1.82) is 0 Å². The lowest BCUT2D eigenvalue weighted by atomic mass is 10.0. The summed E-state index contributed by atoms with van der Waals surface area (Å²) in [5.41, 5.74) is 5.26. The Hall–Kier alpha value is 0.170. The first-order valence-corrected chi connectivity index (χ1v) is 4.90. The molecule has 2 atom stereocenters. The third kappa shape index (κ3) is 2.30. The molecular weight excluding hydrogens is 168 g/mol. The van der Waals surface area contributed by atoms with E-state index in [9.17, 15) is 8.78 Å². The molecule has 66 valence electrons. The van der Waals surface area contributed by atoms with Crippen LogP contribution in [0.2, 0.25) is 0 Å². The zero-order valence-corrected chi connectivity index (χ0v) is 7.12. The summed E-state index contributed by atoms with van der Waals surface area (Å²) in [5, 5.41) is 0.111. The van der Waals surface area contributed by atoms with Crippen molar-refractivity contribution in [2.45, 2.75) is 24.5 Å². The fraction of sp³-hybridized carbons (Fsp3) is 1.00. The van der Waals surface area contributed by atoms with Gasteiger partial charge in [-0.15, -0.1) is 0 Å². The highest BCUT2D eigenvalue weighted by Gasteiger charge is 2.30. The zero-order chi connectivity index (χ0) is 8.27. The summed E-state index contributed by atoms with van der Waals surface area (Å²) in [6.07, 6.45) is -0.259. The quantitative estimate of drug-likeness (QED) is 0.717. The largest absolute Gasteiger partial charge is 0.330 e. The van der Waals surface area contributed by atoms with Gasteiger partial charge in [-0.1, -0.05) is 0 Å². The average molecular weight is 181 g/mol. The number of alkyl halides is 2. The minimum Gasteiger partial charge on any atom is -0.330 e. The molecule has 1 rings (SSSR count). The van der Waals surface area contributed by atoms with Gasteiger partial charge in [0.05, 0.1) is 0 Å². The summed E-state index contributed by atoms with van der Waals surface area (Å²) in [7, 11) is 0. The molecule has 1 nitrogen and oxygen atoms in total. The third-order valence-corrected chi connectivity index (χ3v) is 3.58. The molecule has 0 amide bonds. The maximum atomic E-state index is 12.3. The van der Waals surface area contributed by atoms with Crippen LogP contribution in [0.4, 0.5) is 8.78 Å². The number of halogens is 2. The maximum Gasteiger partial charge on any atom is 0.243 e. The normalized spacial score (nSPS) is 27.8. The highest BCUT2D eigenvalue weighted by Crippen LogP contribution is 2.34. The SMILES string of the molecule is NCC(C(F)F)C1CCCS1. The van der Waals surface area contributed by atoms with Gasteiger partial charge in [-0.3, -0.25) is 0 Å². The van der Waals surface area contributed by atoms with Crippen LogP contribution in [0.1, 0.15) is 12.8 Å². The van der Waals surface area contributed by atoms with Gasteiger partial charge in [0.2, 0.25) is 6.43 Å². The van der Waals surface area contributed by atoms with E-state index in [0.29, 0.717) is 0 Å². The van der Waals surface area contributed by atoms with E-state index in [1.807, 2.05) is 0 Å². The molecule has 0 aromatic carbocycles. The van der Waals surface area contributed by atoms with Gasteiger partial charge >= 0.3 is 0 Å². The van der Waals surface area contributed by atoms with Gasteiger partial charge in [0, 0.05) is 17.7 Å². The second kappa shape index (κ2) is 4.26. The Morgan fingerprint density at radius 2 is 2.27 bits per heavy atom. The van der Waals surface area contributed by atoms with Crippen molar-refractivity contribution >= 4 is 11.8 Å². The molecule has 11 heavy (non-hydrogen) atoms. The Labute approximate surface area is 69.7 Å². The topological polar surface area (TPSA) is 26.0 Å². The number of hydrogen-bond donors (Lipinski definition) is 1. The number of rotatable bonds is 3. The lowest BCUT2D eigenvalue weighted by Crippen LogP contribution is -2.30. The van der Waals surface area contributed by atoms with Crippen molar-refractivity contribution in [1.82, 2.24) is 0 Å². The molecule has 1 saturated heterocycles. The molecule has 0 bridgehead atoms. The van der Waals surface area contributed by atoms with E-state index >= 15 is 0 Å². The van der Waals surface area contributed by atoms with E-state index in [2.05, 4.69) is 0 Å². The molecule has 2 N–H and O–H groups in total. The highest BCUT2D eigenvalue weighted by atomic mass is 32.2. The molecule has 0 saturated carbocycles. The monoisotopic (exact) mass is 181 g/mol. The van der Waals surface area contributed by atoms with Crippen molar-refractivity contribution in [3.63, 3.8) is 0 Å². The van der Waals surface area contributed by atoms with Crippen LogP contribution in [0.25, 0.3) is 0 Å².